The fourth-order valence-electron chi connectivity index (χ4n) is 2.74. The molecule has 150 valence electrons. The lowest BCUT2D eigenvalue weighted by molar-refractivity contribution is -0.120. The molecule has 0 bridgehead atoms. The molecule has 2 aliphatic rings. The van der Waals surface area contributed by atoms with Crippen LogP contribution in [0.5, 0.6) is 0 Å². The molecule has 3 rings (SSSR count). The highest BCUT2D eigenvalue weighted by molar-refractivity contribution is 6.53. The molecule has 1 aromatic rings. The van der Waals surface area contributed by atoms with E-state index in [9.17, 15) is 18.8 Å². The van der Waals surface area contributed by atoms with Crippen LogP contribution in [0.1, 0.15) is 0 Å². The largest absolute Gasteiger partial charge is 0.442 e. The SMILES string of the molecule is O=CN1CCN(c2ccc(N3C[C@H](CNC(=O)C(Cl)Cl)OC3=O)cc2F)C=N1. The van der Waals surface area contributed by atoms with Crippen molar-refractivity contribution in [3.8, 4) is 0 Å². The monoisotopic (exact) mass is 431 g/mol. The minimum absolute atomic E-state index is 0.0368. The molecule has 1 atom stereocenters. The van der Waals surface area contributed by atoms with Crippen molar-refractivity contribution in [3.63, 3.8) is 0 Å². The first kappa shape index (κ1) is 20.2. The summed E-state index contributed by atoms with van der Waals surface area (Å²) in [4.78, 5) is 35.7. The normalized spacial score (nSPS) is 19.2. The first-order valence-corrected chi connectivity index (χ1v) is 9.12. The molecule has 0 aromatic heterocycles. The van der Waals surface area contributed by atoms with E-state index in [0.717, 1.165) is 0 Å². The van der Waals surface area contributed by atoms with E-state index in [4.69, 9.17) is 27.9 Å². The van der Waals surface area contributed by atoms with E-state index >= 15 is 0 Å². The van der Waals surface area contributed by atoms with Crippen LogP contribution < -0.4 is 15.1 Å². The summed E-state index contributed by atoms with van der Waals surface area (Å²) in [5.41, 5.74) is 0.584. The lowest BCUT2D eigenvalue weighted by Crippen LogP contribution is -2.37. The zero-order chi connectivity index (χ0) is 20.3. The number of carbonyl (C=O) groups is 3. The van der Waals surface area contributed by atoms with Crippen molar-refractivity contribution in [1.82, 2.24) is 10.3 Å². The number of hydrogen-bond donors (Lipinski definition) is 1. The number of rotatable bonds is 6. The van der Waals surface area contributed by atoms with Gasteiger partial charge in [-0.1, -0.05) is 23.2 Å². The third-order valence-electron chi connectivity index (χ3n) is 4.16. The van der Waals surface area contributed by atoms with Gasteiger partial charge in [0.15, 0.2) is 4.84 Å². The maximum Gasteiger partial charge on any atom is 0.414 e. The minimum Gasteiger partial charge on any atom is -0.442 e. The highest BCUT2D eigenvalue weighted by atomic mass is 35.5. The van der Waals surface area contributed by atoms with Crippen molar-refractivity contribution in [3.05, 3.63) is 24.0 Å². The van der Waals surface area contributed by atoms with E-state index < -0.39 is 28.8 Å². The molecule has 1 aromatic carbocycles. The molecular formula is C16H16Cl2FN5O4. The Morgan fingerprint density at radius 2 is 2.21 bits per heavy atom. The Morgan fingerprint density at radius 3 is 2.82 bits per heavy atom. The van der Waals surface area contributed by atoms with Crippen LogP contribution in [0.15, 0.2) is 23.3 Å². The van der Waals surface area contributed by atoms with E-state index in [2.05, 4.69) is 10.4 Å². The van der Waals surface area contributed by atoms with Crippen LogP contribution in [0.3, 0.4) is 0 Å². The fourth-order valence-corrected chi connectivity index (χ4v) is 2.90. The van der Waals surface area contributed by atoms with Crippen molar-refractivity contribution in [2.75, 3.05) is 36.0 Å². The number of alkyl halides is 2. The van der Waals surface area contributed by atoms with E-state index in [1.54, 1.807) is 11.0 Å². The number of amides is 3. The molecule has 0 aliphatic carbocycles. The molecule has 0 saturated carbocycles. The third-order valence-corrected chi connectivity index (χ3v) is 4.56. The van der Waals surface area contributed by atoms with Gasteiger partial charge in [0.2, 0.25) is 6.41 Å². The Hall–Kier alpha value is -2.59. The molecule has 12 heteroatoms. The second kappa shape index (κ2) is 8.61. The zero-order valence-electron chi connectivity index (χ0n) is 14.4. The van der Waals surface area contributed by atoms with Crippen molar-refractivity contribution in [2.45, 2.75) is 10.9 Å². The number of ether oxygens (including phenoxy) is 1. The fraction of sp³-hybridized carbons (Fsp3) is 0.375. The molecule has 2 heterocycles. The van der Waals surface area contributed by atoms with Crippen molar-refractivity contribution in [1.29, 1.82) is 0 Å². The van der Waals surface area contributed by atoms with Gasteiger partial charge in [0.1, 0.15) is 18.3 Å². The minimum atomic E-state index is -1.22. The highest BCUT2D eigenvalue weighted by Crippen LogP contribution is 2.28. The number of benzene rings is 1. The molecule has 1 fully saturated rings. The molecule has 1 saturated heterocycles. The molecule has 0 radical (unpaired) electrons. The average molecular weight is 432 g/mol. The number of hydrazone groups is 1. The summed E-state index contributed by atoms with van der Waals surface area (Å²) < 4.78 is 19.7. The molecule has 0 spiro atoms. The molecule has 0 unspecified atom stereocenters. The quantitative estimate of drug-likeness (QED) is 0.540. The molecule has 2 aliphatic heterocycles. The maximum atomic E-state index is 14.6. The topological polar surface area (TPSA) is 94.5 Å². The molecule has 9 nitrogen and oxygen atoms in total. The van der Waals surface area contributed by atoms with Crippen LogP contribution in [0.4, 0.5) is 20.6 Å². The Morgan fingerprint density at radius 1 is 1.43 bits per heavy atom. The smallest absolute Gasteiger partial charge is 0.414 e. The van der Waals surface area contributed by atoms with Crippen LogP contribution in [-0.2, 0) is 14.3 Å². The predicted molar refractivity (Wildman–Crippen MR) is 101 cm³/mol. The number of halogens is 3. The predicted octanol–water partition coefficient (Wildman–Crippen LogP) is 1.29. The van der Waals surface area contributed by atoms with Gasteiger partial charge in [-0.15, -0.1) is 0 Å². The Balaban J connectivity index is 1.66. The van der Waals surface area contributed by atoms with Crippen LogP contribution >= 0.6 is 23.2 Å². The first-order chi connectivity index (χ1) is 13.4. The Labute approximate surface area is 169 Å². The molecule has 28 heavy (non-hydrogen) atoms. The van der Waals surface area contributed by atoms with Crippen LogP contribution in [0.25, 0.3) is 0 Å². The first-order valence-electron chi connectivity index (χ1n) is 8.25. The van der Waals surface area contributed by atoms with E-state index in [0.29, 0.717) is 25.2 Å². The van der Waals surface area contributed by atoms with E-state index in [1.807, 2.05) is 0 Å². The summed E-state index contributed by atoms with van der Waals surface area (Å²) in [5, 5.41) is 7.54. The van der Waals surface area contributed by atoms with Crippen LogP contribution in [-0.4, -0.2) is 66.9 Å². The van der Waals surface area contributed by atoms with Crippen LogP contribution in [0.2, 0.25) is 0 Å². The van der Waals surface area contributed by atoms with Gasteiger partial charge in [-0.3, -0.25) is 14.5 Å². The van der Waals surface area contributed by atoms with Crippen molar-refractivity contribution in [2.24, 2.45) is 5.10 Å². The zero-order valence-corrected chi connectivity index (χ0v) is 15.9. The van der Waals surface area contributed by atoms with Gasteiger partial charge in [0.05, 0.1) is 31.0 Å². The average Bonchev–Trinajstić information content (AvgIpc) is 3.06. The maximum absolute atomic E-state index is 14.6. The van der Waals surface area contributed by atoms with E-state index in [-0.39, 0.29) is 18.8 Å². The summed E-state index contributed by atoms with van der Waals surface area (Å²) in [7, 11) is 0. The lowest BCUT2D eigenvalue weighted by atomic mass is 10.2. The van der Waals surface area contributed by atoms with Gasteiger partial charge >= 0.3 is 6.09 Å². The molecule has 3 amide bonds. The van der Waals surface area contributed by atoms with Crippen LogP contribution in [0, 0.1) is 5.82 Å². The highest BCUT2D eigenvalue weighted by Gasteiger charge is 2.33. The molecular weight excluding hydrogens is 416 g/mol. The van der Waals surface area contributed by atoms with Gasteiger partial charge in [-0.2, -0.15) is 5.10 Å². The lowest BCUT2D eigenvalue weighted by Gasteiger charge is -2.27. The summed E-state index contributed by atoms with van der Waals surface area (Å²) in [5.74, 6) is -1.15. The van der Waals surface area contributed by atoms with Gasteiger partial charge in [-0.05, 0) is 18.2 Å². The summed E-state index contributed by atoms with van der Waals surface area (Å²) in [6.45, 7) is 0.883. The standard InChI is InChI=1S/C16H16Cl2FN5O4/c17-14(18)15(26)20-6-11-7-24(16(27)28-11)10-1-2-13(12(19)5-10)22-3-4-23(9-25)21-8-22/h1-2,5,8-9,11,14H,3-4,6-7H2,(H,20,26)/t11-/m0/s1. The number of hydrogen-bond acceptors (Lipinski definition) is 6. The Bertz CT molecular complexity index is 809. The van der Waals surface area contributed by atoms with E-state index in [1.165, 1.54) is 28.4 Å². The number of anilines is 2. The van der Waals surface area contributed by atoms with Gasteiger partial charge in [-0.25, -0.2) is 14.2 Å². The number of cyclic esters (lactones) is 1. The van der Waals surface area contributed by atoms with Gasteiger partial charge in [0.25, 0.3) is 5.91 Å². The van der Waals surface area contributed by atoms with Crippen molar-refractivity contribution < 1.29 is 23.5 Å². The molecule has 1 N–H and O–H groups in total. The van der Waals surface area contributed by atoms with Gasteiger partial charge in [0, 0.05) is 6.54 Å². The second-order valence-corrected chi connectivity index (χ2v) is 7.09. The third kappa shape index (κ3) is 4.45. The van der Waals surface area contributed by atoms with Gasteiger partial charge < -0.3 is 15.0 Å². The van der Waals surface area contributed by atoms with Crippen molar-refractivity contribution >= 4 is 59.3 Å². The Kier molecular flexibility index (Phi) is 6.20. The summed E-state index contributed by atoms with van der Waals surface area (Å²) >= 11 is 10.9. The summed E-state index contributed by atoms with van der Waals surface area (Å²) in [6.07, 6.45) is 0.682. The second-order valence-electron chi connectivity index (χ2n) is 5.99. The summed E-state index contributed by atoms with van der Waals surface area (Å²) in [6, 6.07) is 4.31. The number of nitrogens with zero attached hydrogens (tertiary/aromatic N) is 4. The number of carbonyl (C=O) groups excluding carboxylic acids is 3. The number of nitrogens with one attached hydrogen (secondary N) is 1.